The molecular formula is C16H21N5O2. The molecule has 1 aromatic carbocycles. The summed E-state index contributed by atoms with van der Waals surface area (Å²) in [5, 5.41) is 15.1. The van der Waals surface area contributed by atoms with Crippen molar-refractivity contribution in [2.24, 2.45) is 0 Å². The van der Waals surface area contributed by atoms with Crippen molar-refractivity contribution in [1.29, 1.82) is 0 Å². The second-order valence-corrected chi connectivity index (χ2v) is 6.14. The van der Waals surface area contributed by atoms with E-state index in [4.69, 9.17) is 10.5 Å². The number of hydrogen-bond donors (Lipinski definition) is 2. The maximum absolute atomic E-state index is 11.8. The van der Waals surface area contributed by atoms with Gasteiger partial charge in [-0.25, -0.2) is 4.98 Å². The SMILES string of the molecule is C=[N+]([O-])c1cc(-c2cnc(N)nc2OC)ccc1NC(C)(C)C. The van der Waals surface area contributed by atoms with E-state index in [0.29, 0.717) is 27.6 Å². The number of methoxy groups -OCH3 is 1. The maximum Gasteiger partial charge on any atom is 0.239 e. The molecule has 122 valence electrons. The van der Waals surface area contributed by atoms with Crippen molar-refractivity contribution >= 4 is 24.0 Å². The van der Waals surface area contributed by atoms with Gasteiger partial charge in [-0.05, 0) is 32.4 Å². The zero-order valence-corrected chi connectivity index (χ0v) is 13.8. The summed E-state index contributed by atoms with van der Waals surface area (Å²) >= 11 is 0. The summed E-state index contributed by atoms with van der Waals surface area (Å²) in [4.78, 5) is 8.03. The molecule has 2 rings (SSSR count). The first-order valence-electron chi connectivity index (χ1n) is 7.08. The van der Waals surface area contributed by atoms with Gasteiger partial charge in [-0.1, -0.05) is 6.07 Å². The summed E-state index contributed by atoms with van der Waals surface area (Å²) in [6.07, 6.45) is 1.56. The molecule has 0 saturated carbocycles. The van der Waals surface area contributed by atoms with Crippen LogP contribution < -0.4 is 15.8 Å². The van der Waals surface area contributed by atoms with E-state index in [9.17, 15) is 5.21 Å². The van der Waals surface area contributed by atoms with Gasteiger partial charge in [0.05, 0.1) is 12.7 Å². The van der Waals surface area contributed by atoms with Gasteiger partial charge in [0.25, 0.3) is 0 Å². The summed E-state index contributed by atoms with van der Waals surface area (Å²) in [6.45, 7) is 9.49. The molecular weight excluding hydrogens is 294 g/mol. The van der Waals surface area contributed by atoms with E-state index in [1.165, 1.54) is 7.11 Å². The van der Waals surface area contributed by atoms with Gasteiger partial charge in [0, 0.05) is 17.8 Å². The van der Waals surface area contributed by atoms with Gasteiger partial charge in [-0.3, -0.25) is 0 Å². The number of hydrogen-bond acceptors (Lipinski definition) is 6. The van der Waals surface area contributed by atoms with E-state index in [1.54, 1.807) is 12.3 Å². The first-order chi connectivity index (χ1) is 10.7. The smallest absolute Gasteiger partial charge is 0.239 e. The second kappa shape index (κ2) is 6.12. The molecule has 0 unspecified atom stereocenters. The lowest BCUT2D eigenvalue weighted by molar-refractivity contribution is -0.348. The van der Waals surface area contributed by atoms with Crippen LogP contribution in [-0.4, -0.2) is 34.1 Å². The molecule has 23 heavy (non-hydrogen) atoms. The van der Waals surface area contributed by atoms with E-state index >= 15 is 0 Å². The number of nitrogens with zero attached hydrogens (tertiary/aromatic N) is 3. The van der Waals surface area contributed by atoms with Crippen molar-refractivity contribution in [3.63, 3.8) is 0 Å². The van der Waals surface area contributed by atoms with Crippen molar-refractivity contribution in [3.05, 3.63) is 29.6 Å². The zero-order chi connectivity index (χ0) is 17.2. The lowest BCUT2D eigenvalue weighted by Gasteiger charge is -2.23. The summed E-state index contributed by atoms with van der Waals surface area (Å²) in [6, 6.07) is 5.39. The topological polar surface area (TPSA) is 99.1 Å². The quantitative estimate of drug-likeness (QED) is 0.389. The van der Waals surface area contributed by atoms with Crippen LogP contribution in [0.2, 0.25) is 0 Å². The third kappa shape index (κ3) is 3.88. The van der Waals surface area contributed by atoms with Crippen LogP contribution in [0.15, 0.2) is 24.4 Å². The predicted molar refractivity (Wildman–Crippen MR) is 92.2 cm³/mol. The third-order valence-corrected chi connectivity index (χ3v) is 3.05. The molecule has 1 aromatic heterocycles. The minimum atomic E-state index is -0.186. The molecule has 0 radical (unpaired) electrons. The number of rotatable bonds is 4. The predicted octanol–water partition coefficient (Wildman–Crippen LogP) is 2.79. The molecule has 7 nitrogen and oxygen atoms in total. The number of aromatic nitrogens is 2. The minimum Gasteiger partial charge on any atom is -0.619 e. The molecule has 1 heterocycles. The Morgan fingerprint density at radius 2 is 2.04 bits per heavy atom. The average molecular weight is 315 g/mol. The largest absolute Gasteiger partial charge is 0.619 e. The fourth-order valence-corrected chi connectivity index (χ4v) is 2.15. The lowest BCUT2D eigenvalue weighted by atomic mass is 10.0. The van der Waals surface area contributed by atoms with Crippen LogP contribution in [0, 0.1) is 5.21 Å². The Morgan fingerprint density at radius 1 is 1.35 bits per heavy atom. The molecule has 0 amide bonds. The van der Waals surface area contributed by atoms with E-state index in [-0.39, 0.29) is 11.5 Å². The second-order valence-electron chi connectivity index (χ2n) is 6.14. The Kier molecular flexibility index (Phi) is 4.40. The number of nitrogen functional groups attached to an aromatic ring is 1. The summed E-state index contributed by atoms with van der Waals surface area (Å²) < 4.78 is 5.81. The van der Waals surface area contributed by atoms with Gasteiger partial charge in [-0.15, -0.1) is 0 Å². The normalized spacial score (nSPS) is 11.1. The minimum absolute atomic E-state index is 0.124. The third-order valence-electron chi connectivity index (χ3n) is 3.05. The van der Waals surface area contributed by atoms with Crippen molar-refractivity contribution in [1.82, 2.24) is 9.97 Å². The van der Waals surface area contributed by atoms with Gasteiger partial charge >= 0.3 is 0 Å². The molecule has 0 bridgehead atoms. The first kappa shape index (κ1) is 16.5. The van der Waals surface area contributed by atoms with E-state index in [0.717, 1.165) is 5.56 Å². The Balaban J connectivity index is 2.54. The Bertz CT molecular complexity index is 738. The number of ether oxygens (including phenoxy) is 1. The Hall–Kier alpha value is -2.83. The number of benzene rings is 1. The van der Waals surface area contributed by atoms with Crippen LogP contribution >= 0.6 is 0 Å². The Labute approximate surface area is 135 Å². The van der Waals surface area contributed by atoms with Crippen LogP contribution in [0.4, 0.5) is 17.3 Å². The molecule has 0 aliphatic rings. The zero-order valence-electron chi connectivity index (χ0n) is 13.8. The highest BCUT2D eigenvalue weighted by atomic mass is 16.5. The van der Waals surface area contributed by atoms with Crippen LogP contribution in [0.3, 0.4) is 0 Å². The fraction of sp³-hybridized carbons (Fsp3) is 0.312. The lowest BCUT2D eigenvalue weighted by Crippen LogP contribution is -2.26. The summed E-state index contributed by atoms with van der Waals surface area (Å²) in [5.74, 6) is 0.473. The molecule has 0 aliphatic heterocycles. The van der Waals surface area contributed by atoms with Gasteiger partial charge in [0.15, 0.2) is 0 Å². The highest BCUT2D eigenvalue weighted by Gasteiger charge is 2.18. The average Bonchev–Trinajstić information content (AvgIpc) is 2.45. The summed E-state index contributed by atoms with van der Waals surface area (Å²) in [7, 11) is 1.50. The maximum atomic E-state index is 11.8. The summed E-state index contributed by atoms with van der Waals surface area (Å²) in [5.41, 5.74) is 7.88. The molecule has 0 aliphatic carbocycles. The molecule has 0 saturated heterocycles. The van der Waals surface area contributed by atoms with Crippen LogP contribution in [0.1, 0.15) is 20.8 Å². The Morgan fingerprint density at radius 3 is 2.61 bits per heavy atom. The van der Waals surface area contributed by atoms with Gasteiger partial charge in [0.2, 0.25) is 17.5 Å². The van der Waals surface area contributed by atoms with E-state index in [1.807, 2.05) is 32.9 Å². The van der Waals surface area contributed by atoms with Crippen molar-refractivity contribution in [2.75, 3.05) is 18.2 Å². The molecule has 0 fully saturated rings. The molecule has 3 N–H and O–H groups in total. The monoisotopic (exact) mass is 315 g/mol. The molecule has 2 aromatic rings. The molecule has 0 spiro atoms. The van der Waals surface area contributed by atoms with Crippen LogP contribution in [0.25, 0.3) is 11.1 Å². The van der Waals surface area contributed by atoms with Gasteiger partial charge < -0.3 is 21.0 Å². The van der Waals surface area contributed by atoms with Crippen molar-refractivity contribution in [2.45, 2.75) is 26.3 Å². The van der Waals surface area contributed by atoms with Gasteiger partial charge in [-0.2, -0.15) is 9.72 Å². The number of nitrogens with one attached hydrogen (secondary N) is 1. The van der Waals surface area contributed by atoms with Crippen molar-refractivity contribution < 1.29 is 9.48 Å². The first-order valence-corrected chi connectivity index (χ1v) is 7.08. The highest BCUT2D eigenvalue weighted by Crippen LogP contribution is 2.35. The van der Waals surface area contributed by atoms with Crippen LogP contribution in [0.5, 0.6) is 5.88 Å². The number of nitrogens with two attached hydrogens (primary N) is 1. The highest BCUT2D eigenvalue weighted by molar-refractivity contribution is 5.76. The molecule has 7 heteroatoms. The van der Waals surface area contributed by atoms with Crippen LogP contribution in [-0.2, 0) is 0 Å². The number of anilines is 2. The van der Waals surface area contributed by atoms with E-state index in [2.05, 4.69) is 22.0 Å². The van der Waals surface area contributed by atoms with Crippen molar-refractivity contribution in [3.8, 4) is 17.0 Å². The van der Waals surface area contributed by atoms with E-state index < -0.39 is 0 Å². The molecule has 0 atom stereocenters. The fourth-order valence-electron chi connectivity index (χ4n) is 2.15. The standard InChI is InChI=1S/C16H21N5O2/c1-16(2,3)20-12-7-6-10(8-13(12)21(4)22)11-9-18-15(17)19-14(11)23-5/h6-9,20H,4H2,1-3,5H3,(H2,17,18,19). The van der Waals surface area contributed by atoms with Gasteiger partial charge in [0.1, 0.15) is 12.4 Å².